The molecule has 0 aliphatic carbocycles. The summed E-state index contributed by atoms with van der Waals surface area (Å²) in [6.45, 7) is 3.27. The molecule has 0 N–H and O–H groups in total. The van der Waals surface area contributed by atoms with Crippen LogP contribution in [-0.2, 0) is 43.2 Å². The molecule has 1 unspecified atom stereocenters. The first-order valence-corrected chi connectivity index (χ1v) is 15.1. The maximum Gasteiger partial charge on any atom is 0.306 e. The van der Waals surface area contributed by atoms with Crippen LogP contribution in [0.1, 0.15) is 75.0 Å². The molecule has 1 heterocycles. The molecule has 1 saturated heterocycles. The first kappa shape index (κ1) is 34.6. The van der Waals surface area contributed by atoms with E-state index < -0.39 is 0 Å². The highest BCUT2D eigenvalue weighted by molar-refractivity contribution is 5.69. The maximum atomic E-state index is 11.1. The Morgan fingerprint density at radius 1 is 0.762 bits per heavy atom. The highest BCUT2D eigenvalue weighted by atomic mass is 16.5. The number of methoxy groups -OCH3 is 2. The van der Waals surface area contributed by atoms with Crippen LogP contribution in [0.2, 0.25) is 0 Å². The quantitative estimate of drug-likeness (QED) is 0.193. The number of hydrogen-bond donors (Lipinski definition) is 0. The van der Waals surface area contributed by atoms with Crippen LogP contribution in [0, 0.1) is 0 Å². The van der Waals surface area contributed by atoms with Crippen LogP contribution in [-0.4, -0.2) is 38.9 Å². The Hall–Kier alpha value is -3.64. The van der Waals surface area contributed by atoms with E-state index in [0.717, 1.165) is 37.2 Å². The monoisotopic (exact) mass is 576 g/mol. The average molecular weight is 577 g/mol. The highest BCUT2D eigenvalue weighted by Crippen LogP contribution is 2.18. The predicted molar refractivity (Wildman–Crippen MR) is 167 cm³/mol. The van der Waals surface area contributed by atoms with E-state index in [1.165, 1.54) is 50.3 Å². The molecule has 6 nitrogen and oxygen atoms in total. The second-order valence-corrected chi connectivity index (χ2v) is 10.2. The third-order valence-electron chi connectivity index (χ3n) is 6.79. The van der Waals surface area contributed by atoms with Crippen LogP contribution < -0.4 is 4.74 Å². The summed E-state index contributed by atoms with van der Waals surface area (Å²) < 4.78 is 20.2. The Bertz CT molecular complexity index is 1090. The summed E-state index contributed by atoms with van der Waals surface area (Å²) in [7, 11) is 3.04. The van der Waals surface area contributed by atoms with Crippen molar-refractivity contribution in [2.75, 3.05) is 20.8 Å². The smallest absolute Gasteiger partial charge is 0.306 e. The maximum absolute atomic E-state index is 11.1. The van der Waals surface area contributed by atoms with Gasteiger partial charge in [0, 0.05) is 19.4 Å². The van der Waals surface area contributed by atoms with E-state index in [4.69, 9.17) is 14.2 Å². The van der Waals surface area contributed by atoms with E-state index in [2.05, 4.69) is 47.2 Å². The van der Waals surface area contributed by atoms with Crippen molar-refractivity contribution in [1.82, 2.24) is 0 Å². The molecule has 4 rings (SSSR count). The molecule has 1 aliphatic rings. The summed E-state index contributed by atoms with van der Waals surface area (Å²) in [5.74, 6) is 0.530. The van der Waals surface area contributed by atoms with Gasteiger partial charge in [0.15, 0.2) is 0 Å². The van der Waals surface area contributed by atoms with Gasteiger partial charge in [-0.3, -0.25) is 9.59 Å². The van der Waals surface area contributed by atoms with Gasteiger partial charge in [-0.15, -0.1) is 0 Å². The van der Waals surface area contributed by atoms with Crippen LogP contribution >= 0.6 is 0 Å². The van der Waals surface area contributed by atoms with Gasteiger partial charge in [-0.2, -0.15) is 0 Å². The summed E-state index contributed by atoms with van der Waals surface area (Å²) in [4.78, 5) is 21.9. The summed E-state index contributed by atoms with van der Waals surface area (Å²) in [6, 6.07) is 28.3. The fourth-order valence-electron chi connectivity index (χ4n) is 4.40. The van der Waals surface area contributed by atoms with Gasteiger partial charge >= 0.3 is 11.9 Å². The molecule has 1 aliphatic heterocycles. The van der Waals surface area contributed by atoms with Crippen LogP contribution in [0.5, 0.6) is 5.75 Å². The van der Waals surface area contributed by atoms with Crippen molar-refractivity contribution in [3.63, 3.8) is 0 Å². The zero-order valence-electron chi connectivity index (χ0n) is 25.6. The fraction of sp³-hybridized carbons (Fsp3) is 0.444. The predicted octanol–water partition coefficient (Wildman–Crippen LogP) is 7.91. The molecular formula is C36H48O6. The molecular weight excluding hydrogens is 528 g/mol. The van der Waals surface area contributed by atoms with Crippen molar-refractivity contribution in [2.45, 2.75) is 83.8 Å². The largest absolute Gasteiger partial charge is 0.497 e. The number of carbonyl (C=O) groups is 2. The molecule has 1 fully saturated rings. The van der Waals surface area contributed by atoms with Gasteiger partial charge in [0.1, 0.15) is 12.4 Å². The van der Waals surface area contributed by atoms with Gasteiger partial charge < -0.3 is 18.9 Å². The van der Waals surface area contributed by atoms with Crippen molar-refractivity contribution in [3.8, 4) is 5.75 Å². The van der Waals surface area contributed by atoms with Crippen molar-refractivity contribution in [3.05, 3.63) is 102 Å². The number of carbonyl (C=O) groups excluding carboxylic acids is 2. The number of hydrogen-bond acceptors (Lipinski definition) is 6. The van der Waals surface area contributed by atoms with Crippen molar-refractivity contribution < 1.29 is 28.5 Å². The van der Waals surface area contributed by atoms with Crippen molar-refractivity contribution in [2.24, 2.45) is 0 Å². The molecule has 0 spiro atoms. The highest BCUT2D eigenvalue weighted by Gasteiger charge is 2.14. The van der Waals surface area contributed by atoms with Gasteiger partial charge in [0.05, 0.1) is 20.3 Å². The Morgan fingerprint density at radius 3 is 1.90 bits per heavy atom. The topological polar surface area (TPSA) is 71.1 Å². The van der Waals surface area contributed by atoms with Crippen LogP contribution in [0.3, 0.4) is 0 Å². The van der Waals surface area contributed by atoms with E-state index in [9.17, 15) is 9.59 Å². The van der Waals surface area contributed by atoms with Crippen molar-refractivity contribution >= 4 is 11.9 Å². The molecule has 0 radical (unpaired) electrons. The molecule has 0 saturated carbocycles. The summed E-state index contributed by atoms with van der Waals surface area (Å²) in [6.07, 6.45) is 10.4. The third-order valence-corrected chi connectivity index (χ3v) is 6.79. The third kappa shape index (κ3) is 16.0. The summed E-state index contributed by atoms with van der Waals surface area (Å²) >= 11 is 0. The molecule has 0 aromatic heterocycles. The zero-order valence-corrected chi connectivity index (χ0v) is 25.6. The molecule has 0 bridgehead atoms. The minimum absolute atomic E-state index is 0.129. The Labute approximate surface area is 252 Å². The fourth-order valence-corrected chi connectivity index (χ4v) is 4.40. The number of aryl methyl sites for hydroxylation is 2. The SMILES string of the molecule is CCCC(=O)OCc1ccc(OC)cc1.COC(=O)CCCc1ccccc1.c1ccc(CCCC2CCCO2)cc1. The van der Waals surface area contributed by atoms with Gasteiger partial charge in [-0.1, -0.05) is 79.7 Å². The molecule has 3 aromatic carbocycles. The number of esters is 2. The Kier molecular flexibility index (Phi) is 18.1. The molecule has 1 atom stereocenters. The van der Waals surface area contributed by atoms with Crippen LogP contribution in [0.25, 0.3) is 0 Å². The normalized spacial score (nSPS) is 13.5. The lowest BCUT2D eigenvalue weighted by Gasteiger charge is -2.08. The standard InChI is InChI=1S/C13H18O.C12H16O3.C11H14O2/c1-2-6-12(7-3-1)8-4-9-13-10-5-11-14-13;1-3-4-12(13)15-9-10-5-7-11(14-2)8-6-10;1-13-11(12)9-5-8-10-6-3-2-4-7-10/h1-3,6-7,13H,4-5,8-11H2;5-8H,3-4,9H2,1-2H3;2-4,6-7H,5,8-9H2,1H3. The second-order valence-electron chi connectivity index (χ2n) is 10.2. The Morgan fingerprint density at radius 2 is 1.38 bits per heavy atom. The van der Waals surface area contributed by atoms with E-state index in [1.807, 2.05) is 49.4 Å². The van der Waals surface area contributed by atoms with Crippen LogP contribution in [0.15, 0.2) is 84.9 Å². The molecule has 0 amide bonds. The van der Waals surface area contributed by atoms with Crippen LogP contribution in [0.4, 0.5) is 0 Å². The summed E-state index contributed by atoms with van der Waals surface area (Å²) in [5.41, 5.74) is 3.69. The molecule has 6 heteroatoms. The number of ether oxygens (including phenoxy) is 4. The van der Waals surface area contributed by atoms with E-state index in [1.54, 1.807) is 7.11 Å². The lowest BCUT2D eigenvalue weighted by atomic mass is 10.0. The van der Waals surface area contributed by atoms with E-state index in [-0.39, 0.29) is 11.9 Å². The lowest BCUT2D eigenvalue weighted by molar-refractivity contribution is -0.145. The minimum Gasteiger partial charge on any atom is -0.497 e. The minimum atomic E-state index is -0.145. The first-order chi connectivity index (χ1) is 20.5. The van der Waals surface area contributed by atoms with Crippen molar-refractivity contribution in [1.29, 1.82) is 0 Å². The molecule has 228 valence electrons. The average Bonchev–Trinajstić information content (AvgIpc) is 3.56. The summed E-state index contributed by atoms with van der Waals surface area (Å²) in [5, 5.41) is 0. The lowest BCUT2D eigenvalue weighted by Crippen LogP contribution is -2.04. The van der Waals surface area contributed by atoms with Gasteiger partial charge in [-0.05, 0) is 80.2 Å². The zero-order chi connectivity index (χ0) is 30.3. The first-order valence-electron chi connectivity index (χ1n) is 15.1. The molecule has 42 heavy (non-hydrogen) atoms. The number of benzene rings is 3. The Balaban J connectivity index is 0.000000221. The van der Waals surface area contributed by atoms with Gasteiger partial charge in [0.25, 0.3) is 0 Å². The van der Waals surface area contributed by atoms with Gasteiger partial charge in [-0.25, -0.2) is 0 Å². The van der Waals surface area contributed by atoms with E-state index in [0.29, 0.717) is 25.6 Å². The number of rotatable bonds is 13. The molecule has 3 aromatic rings. The van der Waals surface area contributed by atoms with Gasteiger partial charge in [0.2, 0.25) is 0 Å². The van der Waals surface area contributed by atoms with E-state index >= 15 is 0 Å². The second kappa shape index (κ2) is 22.0.